The number of thiazole rings is 1. The molecule has 2 heterocycles. The molecule has 0 amide bonds. The van der Waals surface area contributed by atoms with Gasteiger partial charge < -0.3 is 9.84 Å². The Hall–Kier alpha value is -3.43. The van der Waals surface area contributed by atoms with Crippen LogP contribution in [0.4, 0.5) is 0 Å². The molecule has 35 heavy (non-hydrogen) atoms. The van der Waals surface area contributed by atoms with Gasteiger partial charge in [-0.3, -0.25) is 9.36 Å². The molecule has 0 fully saturated rings. The summed E-state index contributed by atoms with van der Waals surface area (Å²) in [5.74, 6) is -1.52. The SMILES string of the molecule is CSc1ccc([C@@H]2C(C(=O)OC(C)C)=C(C)N=c3s/c(=C\c4ccc(C(=O)O)cc4)c(=O)n32)cc1. The zero-order chi connectivity index (χ0) is 25.3. The van der Waals surface area contributed by atoms with Crippen LogP contribution in [0.3, 0.4) is 0 Å². The van der Waals surface area contributed by atoms with Gasteiger partial charge in [0.2, 0.25) is 0 Å². The highest BCUT2D eigenvalue weighted by molar-refractivity contribution is 7.98. The van der Waals surface area contributed by atoms with Crippen molar-refractivity contribution in [3.8, 4) is 0 Å². The van der Waals surface area contributed by atoms with Crippen molar-refractivity contribution in [2.75, 3.05) is 6.26 Å². The number of thioether (sulfide) groups is 1. The molecule has 7 nitrogen and oxygen atoms in total. The summed E-state index contributed by atoms with van der Waals surface area (Å²) in [5, 5.41) is 9.12. The Morgan fingerprint density at radius 2 is 1.80 bits per heavy atom. The number of aromatic nitrogens is 1. The van der Waals surface area contributed by atoms with E-state index in [1.54, 1.807) is 55.3 Å². The van der Waals surface area contributed by atoms with Crippen LogP contribution in [0.1, 0.15) is 48.3 Å². The molecule has 3 aromatic rings. The van der Waals surface area contributed by atoms with Crippen molar-refractivity contribution in [1.82, 2.24) is 4.57 Å². The van der Waals surface area contributed by atoms with Gasteiger partial charge >= 0.3 is 11.9 Å². The minimum atomic E-state index is -1.01. The molecule has 0 saturated heterocycles. The molecule has 0 unspecified atom stereocenters. The Morgan fingerprint density at radius 3 is 2.37 bits per heavy atom. The van der Waals surface area contributed by atoms with Crippen LogP contribution in [0, 0.1) is 0 Å². The molecule has 1 aliphatic rings. The van der Waals surface area contributed by atoms with Crippen molar-refractivity contribution in [1.29, 1.82) is 0 Å². The fraction of sp³-hybridized carbons (Fsp3) is 0.231. The van der Waals surface area contributed by atoms with Gasteiger partial charge in [0.1, 0.15) is 0 Å². The second kappa shape index (κ2) is 10.1. The summed E-state index contributed by atoms with van der Waals surface area (Å²) in [6.45, 7) is 5.31. The van der Waals surface area contributed by atoms with Gasteiger partial charge in [0.05, 0.1) is 33.5 Å². The average molecular weight is 509 g/mol. The van der Waals surface area contributed by atoms with E-state index in [9.17, 15) is 14.4 Å². The van der Waals surface area contributed by atoms with E-state index in [4.69, 9.17) is 9.84 Å². The average Bonchev–Trinajstić information content (AvgIpc) is 3.12. The lowest BCUT2D eigenvalue weighted by atomic mass is 9.96. The highest BCUT2D eigenvalue weighted by Gasteiger charge is 2.33. The van der Waals surface area contributed by atoms with E-state index >= 15 is 0 Å². The monoisotopic (exact) mass is 508 g/mol. The number of esters is 1. The fourth-order valence-corrected chi connectivity index (χ4v) is 5.29. The van der Waals surface area contributed by atoms with Crippen LogP contribution in [0.5, 0.6) is 0 Å². The predicted molar refractivity (Wildman–Crippen MR) is 137 cm³/mol. The molecule has 4 rings (SSSR count). The van der Waals surface area contributed by atoms with Gasteiger partial charge in [0.25, 0.3) is 5.56 Å². The van der Waals surface area contributed by atoms with E-state index < -0.39 is 18.0 Å². The molecule has 1 atom stereocenters. The number of carboxylic acids is 1. The maximum Gasteiger partial charge on any atom is 0.338 e. The number of carboxylic acid groups (broad SMARTS) is 1. The minimum Gasteiger partial charge on any atom is -0.478 e. The molecule has 0 radical (unpaired) electrons. The Balaban J connectivity index is 1.89. The maximum atomic E-state index is 13.6. The number of benzene rings is 2. The number of fused-ring (bicyclic) bond motifs is 1. The fourth-order valence-electron chi connectivity index (χ4n) is 3.84. The number of nitrogens with zero attached hydrogens (tertiary/aromatic N) is 2. The molecule has 180 valence electrons. The summed E-state index contributed by atoms with van der Waals surface area (Å²) < 4.78 is 7.49. The van der Waals surface area contributed by atoms with Crippen molar-refractivity contribution in [3.05, 3.63) is 96.2 Å². The van der Waals surface area contributed by atoms with Crippen LogP contribution >= 0.6 is 23.1 Å². The number of carbonyl (C=O) groups excluding carboxylic acids is 1. The van der Waals surface area contributed by atoms with Crippen molar-refractivity contribution >= 4 is 41.1 Å². The lowest BCUT2D eigenvalue weighted by Crippen LogP contribution is -2.40. The number of rotatable bonds is 6. The zero-order valence-corrected chi connectivity index (χ0v) is 21.3. The van der Waals surface area contributed by atoms with Gasteiger partial charge in [-0.2, -0.15) is 0 Å². The van der Waals surface area contributed by atoms with E-state index in [-0.39, 0.29) is 17.2 Å². The number of ether oxygens (including phenoxy) is 1. The molecule has 0 aliphatic carbocycles. The van der Waals surface area contributed by atoms with E-state index in [2.05, 4.69) is 4.99 Å². The molecule has 0 bridgehead atoms. The summed E-state index contributed by atoms with van der Waals surface area (Å²) in [6, 6.07) is 13.4. The summed E-state index contributed by atoms with van der Waals surface area (Å²) in [6.07, 6.45) is 3.37. The first-order chi connectivity index (χ1) is 16.7. The van der Waals surface area contributed by atoms with Crippen molar-refractivity contribution in [2.24, 2.45) is 4.99 Å². The Bertz CT molecular complexity index is 1500. The first kappa shape index (κ1) is 24.7. The van der Waals surface area contributed by atoms with Crippen molar-refractivity contribution < 1.29 is 19.4 Å². The van der Waals surface area contributed by atoms with Crippen molar-refractivity contribution in [2.45, 2.75) is 37.8 Å². The molecule has 1 N–H and O–H groups in total. The first-order valence-electron chi connectivity index (χ1n) is 10.9. The van der Waals surface area contributed by atoms with Crippen LogP contribution in [-0.2, 0) is 9.53 Å². The summed E-state index contributed by atoms with van der Waals surface area (Å²) in [4.78, 5) is 44.0. The van der Waals surface area contributed by atoms with Gasteiger partial charge in [0.15, 0.2) is 4.80 Å². The highest BCUT2D eigenvalue weighted by atomic mass is 32.2. The van der Waals surface area contributed by atoms with Crippen LogP contribution in [-0.4, -0.2) is 34.0 Å². The molecule has 0 spiro atoms. The molecular formula is C26H24N2O5S2. The second-order valence-electron chi connectivity index (χ2n) is 8.24. The summed E-state index contributed by atoms with van der Waals surface area (Å²) >= 11 is 2.83. The predicted octanol–water partition coefficient (Wildman–Crippen LogP) is 3.61. The van der Waals surface area contributed by atoms with Gasteiger partial charge in [-0.25, -0.2) is 14.6 Å². The van der Waals surface area contributed by atoms with E-state index in [0.29, 0.717) is 26.2 Å². The standard InChI is InChI=1S/C26H24N2O5S2/c1-14(2)33-25(32)21-15(3)27-26-28(22(21)17-9-11-19(34-4)12-10-17)23(29)20(35-26)13-16-5-7-18(8-6-16)24(30)31/h5-14,22H,1-4H3,(H,30,31)/b20-13-/t22-/m1/s1. The number of allylic oxidation sites excluding steroid dienone is 1. The number of aromatic carboxylic acids is 1. The van der Waals surface area contributed by atoms with Crippen LogP contribution < -0.4 is 14.9 Å². The quantitative estimate of drug-likeness (QED) is 0.404. The molecule has 1 aromatic heterocycles. The first-order valence-corrected chi connectivity index (χ1v) is 12.9. The minimum absolute atomic E-state index is 0.168. The van der Waals surface area contributed by atoms with Gasteiger partial charge in [-0.15, -0.1) is 11.8 Å². The van der Waals surface area contributed by atoms with E-state index in [1.165, 1.54) is 23.5 Å². The normalized spacial score (nSPS) is 15.7. The van der Waals surface area contributed by atoms with Crippen LogP contribution in [0.15, 0.2) is 74.5 Å². The third kappa shape index (κ3) is 5.01. The van der Waals surface area contributed by atoms with Crippen LogP contribution in [0.25, 0.3) is 6.08 Å². The largest absolute Gasteiger partial charge is 0.478 e. The third-order valence-electron chi connectivity index (χ3n) is 5.47. The smallest absolute Gasteiger partial charge is 0.338 e. The highest BCUT2D eigenvalue weighted by Crippen LogP contribution is 2.32. The molecule has 9 heteroatoms. The topological polar surface area (TPSA) is 98.0 Å². The number of hydrogen-bond donors (Lipinski definition) is 1. The Morgan fingerprint density at radius 1 is 1.14 bits per heavy atom. The Kier molecular flexibility index (Phi) is 7.09. The van der Waals surface area contributed by atoms with E-state index in [0.717, 1.165) is 10.5 Å². The molecule has 1 aliphatic heterocycles. The van der Waals surface area contributed by atoms with Gasteiger partial charge in [0, 0.05) is 4.90 Å². The van der Waals surface area contributed by atoms with Crippen LogP contribution in [0.2, 0.25) is 0 Å². The third-order valence-corrected chi connectivity index (χ3v) is 7.20. The van der Waals surface area contributed by atoms with Gasteiger partial charge in [-0.1, -0.05) is 35.6 Å². The lowest BCUT2D eigenvalue weighted by molar-refractivity contribution is -0.143. The second-order valence-corrected chi connectivity index (χ2v) is 10.1. The summed E-state index contributed by atoms with van der Waals surface area (Å²) in [5.41, 5.74) is 2.20. The molecule has 2 aromatic carbocycles. The zero-order valence-electron chi connectivity index (χ0n) is 19.6. The summed E-state index contributed by atoms with van der Waals surface area (Å²) in [7, 11) is 0. The molecular weight excluding hydrogens is 484 g/mol. The lowest BCUT2D eigenvalue weighted by Gasteiger charge is -2.25. The Labute approximate surface area is 210 Å². The van der Waals surface area contributed by atoms with Gasteiger partial charge in [-0.05, 0) is 68.5 Å². The van der Waals surface area contributed by atoms with E-state index in [1.807, 2.05) is 30.5 Å². The number of hydrogen-bond acceptors (Lipinski definition) is 7. The molecule has 0 saturated carbocycles. The number of carbonyl (C=O) groups is 2. The van der Waals surface area contributed by atoms with Crippen molar-refractivity contribution in [3.63, 3.8) is 0 Å². The maximum absolute atomic E-state index is 13.6.